The van der Waals surface area contributed by atoms with Gasteiger partial charge in [0.1, 0.15) is 0 Å². The van der Waals surface area contributed by atoms with Crippen LogP contribution in [0.4, 0.5) is 0 Å². The van der Waals surface area contributed by atoms with Crippen molar-refractivity contribution >= 4 is 0 Å². The quantitative estimate of drug-likeness (QED) is 0.672. The van der Waals surface area contributed by atoms with E-state index in [-0.39, 0.29) is 0 Å². The number of unbranched alkanes of at least 4 members (excludes halogenated alkanes) is 2. The monoisotopic (exact) mass is 194 g/mol. The minimum absolute atomic E-state index is 1.15. The van der Waals surface area contributed by atoms with Crippen molar-refractivity contribution < 1.29 is 0 Å². The molecule has 0 aliphatic heterocycles. The molecular weight excluding hydrogens is 172 g/mol. The van der Waals surface area contributed by atoms with Gasteiger partial charge in [0.15, 0.2) is 0 Å². The molecule has 0 amide bonds. The summed E-state index contributed by atoms with van der Waals surface area (Å²) in [6.07, 6.45) is 14.3. The molecule has 0 saturated heterocycles. The van der Waals surface area contributed by atoms with Crippen molar-refractivity contribution in [2.45, 2.75) is 45.4 Å². The van der Waals surface area contributed by atoms with E-state index < -0.39 is 0 Å². The molecule has 2 rings (SSSR count). The largest absolute Gasteiger partial charge is 0.341 e. The van der Waals surface area contributed by atoms with Crippen molar-refractivity contribution in [2.75, 3.05) is 0 Å². The maximum atomic E-state index is 3.78. The highest BCUT2D eigenvalue weighted by molar-refractivity contribution is 4.72. The van der Waals surface area contributed by atoms with E-state index in [9.17, 15) is 0 Å². The Kier molecular flexibility index (Phi) is 5.35. The first-order valence-electron chi connectivity index (χ1n) is 5.75. The van der Waals surface area contributed by atoms with Crippen LogP contribution < -0.4 is 0 Å². The lowest BCUT2D eigenvalue weighted by Gasteiger charge is -1.92. The molecule has 0 aromatic carbocycles. The lowest BCUT2D eigenvalue weighted by atomic mass is 10.1. The predicted octanol–water partition coefficient (Wildman–Crippen LogP) is 3.40. The second-order valence-electron chi connectivity index (χ2n) is 4.17. The molecule has 1 aliphatic carbocycles. The Morgan fingerprint density at radius 3 is 2.50 bits per heavy atom. The molecule has 0 atom stereocenters. The van der Waals surface area contributed by atoms with Crippen molar-refractivity contribution in [2.24, 2.45) is 13.0 Å². The lowest BCUT2D eigenvalue weighted by molar-refractivity contribution is 0.620. The van der Waals surface area contributed by atoms with Crippen molar-refractivity contribution in [3.05, 3.63) is 18.7 Å². The summed E-state index contributed by atoms with van der Waals surface area (Å²) in [5.74, 6) is 1.15. The number of hydrogen-bond acceptors (Lipinski definition) is 1. The molecule has 0 N–H and O–H groups in total. The Bertz CT molecular complexity index is 212. The second kappa shape index (κ2) is 6.63. The molecule has 2 nitrogen and oxygen atoms in total. The molecule has 1 saturated carbocycles. The number of rotatable bonds is 4. The summed E-state index contributed by atoms with van der Waals surface area (Å²) >= 11 is 0. The standard InChI is InChI=1S/C8H16.C4H6N2/c1-2-3-4-5-8-6-7-8;1-6-3-2-5-4-6/h8H,2-7H2,1H3;2-4H,1H3. The molecule has 1 aliphatic rings. The highest BCUT2D eigenvalue weighted by Gasteiger charge is 2.19. The molecule has 80 valence electrons. The molecule has 1 heterocycles. The fraction of sp³-hybridized carbons (Fsp3) is 0.750. The molecule has 2 heteroatoms. The van der Waals surface area contributed by atoms with E-state index in [2.05, 4.69) is 11.9 Å². The van der Waals surface area contributed by atoms with Crippen LogP contribution in [0.25, 0.3) is 0 Å². The highest BCUT2D eigenvalue weighted by Crippen LogP contribution is 2.33. The molecule has 14 heavy (non-hydrogen) atoms. The zero-order valence-electron chi connectivity index (χ0n) is 9.45. The van der Waals surface area contributed by atoms with Crippen molar-refractivity contribution in [3.63, 3.8) is 0 Å². The van der Waals surface area contributed by atoms with Crippen LogP contribution in [0.1, 0.15) is 45.4 Å². The Labute approximate surface area is 87.4 Å². The number of aryl methyl sites for hydroxylation is 1. The van der Waals surface area contributed by atoms with Gasteiger partial charge in [-0.25, -0.2) is 4.98 Å². The average molecular weight is 194 g/mol. The van der Waals surface area contributed by atoms with Crippen molar-refractivity contribution in [1.82, 2.24) is 9.55 Å². The zero-order chi connectivity index (χ0) is 10.2. The third kappa shape index (κ3) is 5.79. The second-order valence-corrected chi connectivity index (χ2v) is 4.17. The highest BCUT2D eigenvalue weighted by atomic mass is 15.0. The first-order valence-corrected chi connectivity index (χ1v) is 5.75. The summed E-state index contributed by atoms with van der Waals surface area (Å²) in [7, 11) is 1.94. The molecule has 0 spiro atoms. The van der Waals surface area contributed by atoms with Crippen LogP contribution in [0.2, 0.25) is 0 Å². The Hall–Kier alpha value is -0.790. The topological polar surface area (TPSA) is 17.8 Å². The minimum atomic E-state index is 1.15. The minimum Gasteiger partial charge on any atom is -0.341 e. The van der Waals surface area contributed by atoms with E-state index in [1.807, 2.05) is 17.8 Å². The van der Waals surface area contributed by atoms with Gasteiger partial charge < -0.3 is 4.57 Å². The number of hydrogen-bond donors (Lipinski definition) is 0. The van der Waals surface area contributed by atoms with Crippen LogP contribution in [-0.2, 0) is 7.05 Å². The van der Waals surface area contributed by atoms with Crippen LogP contribution in [-0.4, -0.2) is 9.55 Å². The van der Waals surface area contributed by atoms with Crippen LogP contribution >= 0.6 is 0 Å². The van der Waals surface area contributed by atoms with E-state index >= 15 is 0 Å². The molecular formula is C12H22N2. The zero-order valence-corrected chi connectivity index (χ0v) is 9.45. The van der Waals surface area contributed by atoms with Crippen LogP contribution in [0, 0.1) is 5.92 Å². The molecule has 0 bridgehead atoms. The summed E-state index contributed by atoms with van der Waals surface area (Å²) in [5, 5.41) is 0. The van der Waals surface area contributed by atoms with Gasteiger partial charge >= 0.3 is 0 Å². The van der Waals surface area contributed by atoms with E-state index in [4.69, 9.17) is 0 Å². The van der Waals surface area contributed by atoms with Gasteiger partial charge in [0.2, 0.25) is 0 Å². The summed E-state index contributed by atoms with van der Waals surface area (Å²) in [4.78, 5) is 3.78. The summed E-state index contributed by atoms with van der Waals surface area (Å²) in [5.41, 5.74) is 0. The van der Waals surface area contributed by atoms with Gasteiger partial charge in [-0.1, -0.05) is 45.4 Å². The van der Waals surface area contributed by atoms with Gasteiger partial charge in [-0.05, 0) is 5.92 Å². The number of imidazole rings is 1. The Morgan fingerprint density at radius 2 is 2.14 bits per heavy atom. The smallest absolute Gasteiger partial charge is 0.0943 e. The molecule has 1 aromatic heterocycles. The van der Waals surface area contributed by atoms with Crippen LogP contribution in [0.15, 0.2) is 18.7 Å². The first-order chi connectivity index (χ1) is 6.83. The number of nitrogens with zero attached hydrogens (tertiary/aromatic N) is 2. The molecule has 0 unspecified atom stereocenters. The van der Waals surface area contributed by atoms with Gasteiger partial charge in [0.05, 0.1) is 6.33 Å². The average Bonchev–Trinajstić information content (AvgIpc) is 2.88. The maximum absolute atomic E-state index is 3.78. The lowest BCUT2D eigenvalue weighted by Crippen LogP contribution is -1.76. The van der Waals surface area contributed by atoms with Gasteiger partial charge in [0.25, 0.3) is 0 Å². The van der Waals surface area contributed by atoms with Gasteiger partial charge in [0, 0.05) is 19.4 Å². The number of aromatic nitrogens is 2. The van der Waals surface area contributed by atoms with Crippen LogP contribution in [0.3, 0.4) is 0 Å². The Morgan fingerprint density at radius 1 is 1.36 bits per heavy atom. The molecule has 1 fully saturated rings. The third-order valence-electron chi connectivity index (χ3n) is 2.55. The molecule has 1 aromatic rings. The summed E-state index contributed by atoms with van der Waals surface area (Å²) in [6.45, 7) is 2.27. The van der Waals surface area contributed by atoms with Gasteiger partial charge in [-0.2, -0.15) is 0 Å². The first kappa shape index (κ1) is 11.3. The van der Waals surface area contributed by atoms with E-state index in [0.717, 1.165) is 5.92 Å². The molecule has 0 radical (unpaired) electrons. The maximum Gasteiger partial charge on any atom is 0.0943 e. The summed E-state index contributed by atoms with van der Waals surface area (Å²) < 4.78 is 1.89. The van der Waals surface area contributed by atoms with E-state index in [1.165, 1.54) is 38.5 Å². The SMILES string of the molecule is CCCCCC1CC1.Cn1ccnc1. The predicted molar refractivity (Wildman–Crippen MR) is 60.1 cm³/mol. The fourth-order valence-corrected chi connectivity index (χ4v) is 1.42. The van der Waals surface area contributed by atoms with Crippen molar-refractivity contribution in [3.8, 4) is 0 Å². The summed E-state index contributed by atoms with van der Waals surface area (Å²) in [6, 6.07) is 0. The van der Waals surface area contributed by atoms with Crippen LogP contribution in [0.5, 0.6) is 0 Å². The Balaban J connectivity index is 0.000000146. The van der Waals surface area contributed by atoms with E-state index in [1.54, 1.807) is 12.5 Å². The normalized spacial score (nSPS) is 14.7. The third-order valence-corrected chi connectivity index (χ3v) is 2.55. The van der Waals surface area contributed by atoms with Crippen molar-refractivity contribution in [1.29, 1.82) is 0 Å². The van der Waals surface area contributed by atoms with Gasteiger partial charge in [-0.15, -0.1) is 0 Å². The van der Waals surface area contributed by atoms with E-state index in [0.29, 0.717) is 0 Å². The fourth-order valence-electron chi connectivity index (χ4n) is 1.42. The van der Waals surface area contributed by atoms with Gasteiger partial charge in [-0.3, -0.25) is 0 Å².